The molecule has 0 radical (unpaired) electrons. The highest BCUT2D eigenvalue weighted by Gasteiger charge is 2.28. The van der Waals surface area contributed by atoms with Crippen LogP contribution < -0.4 is 10.6 Å². The van der Waals surface area contributed by atoms with E-state index in [1.807, 2.05) is 13.8 Å². The van der Waals surface area contributed by atoms with Crippen LogP contribution >= 0.6 is 11.3 Å². The van der Waals surface area contributed by atoms with Gasteiger partial charge in [0.25, 0.3) is 0 Å². The zero-order valence-corrected chi connectivity index (χ0v) is 13.1. The fourth-order valence-electron chi connectivity index (χ4n) is 2.60. The summed E-state index contributed by atoms with van der Waals surface area (Å²) in [5.41, 5.74) is 0. The van der Waals surface area contributed by atoms with Crippen LogP contribution in [0, 0.1) is 12.8 Å². The standard InChI is InChI=1S/C14H21N3O3S/c1-8-7-15-12(21-8)9(2)16-14(20)17-11-5-3-4-10(6-11)13(18)19/h7,9-11H,3-6H2,1-2H3,(H,18,19)(H2,16,17,20). The number of carbonyl (C=O) groups is 2. The van der Waals surface area contributed by atoms with E-state index in [9.17, 15) is 9.59 Å². The zero-order chi connectivity index (χ0) is 15.4. The van der Waals surface area contributed by atoms with Gasteiger partial charge in [0.1, 0.15) is 5.01 Å². The lowest BCUT2D eigenvalue weighted by Gasteiger charge is -2.27. The van der Waals surface area contributed by atoms with Crippen LogP contribution in [0.1, 0.15) is 48.5 Å². The molecular formula is C14H21N3O3S. The SMILES string of the molecule is Cc1cnc(C(C)NC(=O)NC2CCCC(C(=O)O)C2)s1. The van der Waals surface area contributed by atoms with Gasteiger partial charge in [0.2, 0.25) is 0 Å². The van der Waals surface area contributed by atoms with Gasteiger partial charge in [-0.3, -0.25) is 4.79 Å². The third-order valence-electron chi connectivity index (χ3n) is 3.72. The molecule has 0 aromatic carbocycles. The predicted octanol–water partition coefficient (Wildman–Crippen LogP) is 2.46. The predicted molar refractivity (Wildman–Crippen MR) is 80.3 cm³/mol. The van der Waals surface area contributed by atoms with Crippen molar-refractivity contribution in [3.63, 3.8) is 0 Å². The lowest BCUT2D eigenvalue weighted by atomic mass is 9.86. The van der Waals surface area contributed by atoms with Gasteiger partial charge in [0.05, 0.1) is 12.0 Å². The third-order valence-corrected chi connectivity index (χ3v) is 4.81. The number of hydrogen-bond donors (Lipinski definition) is 3. The summed E-state index contributed by atoms with van der Waals surface area (Å²) in [7, 11) is 0. The molecular weight excluding hydrogens is 290 g/mol. The molecule has 1 aliphatic carbocycles. The quantitative estimate of drug-likeness (QED) is 0.796. The Morgan fingerprint density at radius 2 is 2.24 bits per heavy atom. The first kappa shape index (κ1) is 15.8. The van der Waals surface area contributed by atoms with Gasteiger partial charge in [0.15, 0.2) is 0 Å². The number of aromatic nitrogens is 1. The molecule has 2 rings (SSSR count). The normalized spacial score (nSPS) is 23.3. The van der Waals surface area contributed by atoms with Gasteiger partial charge in [-0.25, -0.2) is 9.78 Å². The Kier molecular flexibility index (Phi) is 5.17. The number of nitrogens with one attached hydrogen (secondary N) is 2. The van der Waals surface area contributed by atoms with Gasteiger partial charge in [-0.05, 0) is 33.1 Å². The van der Waals surface area contributed by atoms with Crippen LogP contribution in [0.25, 0.3) is 0 Å². The topological polar surface area (TPSA) is 91.3 Å². The molecule has 2 amide bonds. The lowest BCUT2D eigenvalue weighted by Crippen LogP contribution is -2.45. The van der Waals surface area contributed by atoms with Crippen molar-refractivity contribution in [1.82, 2.24) is 15.6 Å². The molecule has 7 heteroatoms. The van der Waals surface area contributed by atoms with Crippen molar-refractivity contribution in [3.8, 4) is 0 Å². The van der Waals surface area contributed by atoms with Crippen molar-refractivity contribution in [1.29, 1.82) is 0 Å². The summed E-state index contributed by atoms with van der Waals surface area (Å²) in [5.74, 6) is -1.11. The summed E-state index contributed by atoms with van der Waals surface area (Å²) in [6.07, 6.45) is 4.66. The maximum absolute atomic E-state index is 12.0. The summed E-state index contributed by atoms with van der Waals surface area (Å²) in [6, 6.07) is -0.473. The first-order chi connectivity index (χ1) is 9.95. The number of aliphatic carboxylic acids is 1. The number of rotatable bonds is 4. The van der Waals surface area contributed by atoms with Crippen molar-refractivity contribution in [2.75, 3.05) is 0 Å². The fraction of sp³-hybridized carbons (Fsp3) is 0.643. The maximum atomic E-state index is 12.0. The Balaban J connectivity index is 1.82. The second-order valence-electron chi connectivity index (χ2n) is 5.55. The molecule has 1 aromatic heterocycles. The highest BCUT2D eigenvalue weighted by atomic mass is 32.1. The average molecular weight is 311 g/mol. The molecule has 0 saturated heterocycles. The minimum Gasteiger partial charge on any atom is -0.481 e. The number of aryl methyl sites for hydroxylation is 1. The second-order valence-corrected chi connectivity index (χ2v) is 6.81. The molecule has 3 unspecified atom stereocenters. The van der Waals surface area contributed by atoms with E-state index in [0.717, 1.165) is 22.7 Å². The summed E-state index contributed by atoms with van der Waals surface area (Å²) in [5, 5.41) is 15.6. The van der Waals surface area contributed by atoms with Crippen LogP contribution in [0.3, 0.4) is 0 Å². The number of carbonyl (C=O) groups excluding carboxylic acids is 1. The maximum Gasteiger partial charge on any atom is 0.315 e. The van der Waals surface area contributed by atoms with E-state index in [1.165, 1.54) is 0 Å². The molecule has 3 atom stereocenters. The smallest absolute Gasteiger partial charge is 0.315 e. The van der Waals surface area contributed by atoms with E-state index in [4.69, 9.17) is 5.11 Å². The first-order valence-electron chi connectivity index (χ1n) is 7.18. The van der Waals surface area contributed by atoms with E-state index in [0.29, 0.717) is 12.8 Å². The number of carboxylic acids is 1. The largest absolute Gasteiger partial charge is 0.481 e. The summed E-state index contributed by atoms with van der Waals surface area (Å²) in [4.78, 5) is 28.4. The van der Waals surface area contributed by atoms with E-state index < -0.39 is 5.97 Å². The Morgan fingerprint density at radius 1 is 1.48 bits per heavy atom. The van der Waals surface area contributed by atoms with E-state index in [-0.39, 0.29) is 24.0 Å². The van der Waals surface area contributed by atoms with Crippen molar-refractivity contribution in [3.05, 3.63) is 16.1 Å². The molecule has 1 aliphatic rings. The highest BCUT2D eigenvalue weighted by Crippen LogP contribution is 2.24. The average Bonchev–Trinajstić information content (AvgIpc) is 2.85. The fourth-order valence-corrected chi connectivity index (χ4v) is 3.38. The Hall–Kier alpha value is -1.63. The van der Waals surface area contributed by atoms with Crippen LogP contribution in [-0.4, -0.2) is 28.1 Å². The molecule has 1 aromatic rings. The summed E-state index contributed by atoms with van der Waals surface area (Å²) >= 11 is 1.56. The van der Waals surface area contributed by atoms with Crippen LogP contribution in [0.4, 0.5) is 4.79 Å². The highest BCUT2D eigenvalue weighted by molar-refractivity contribution is 7.11. The molecule has 0 spiro atoms. The number of urea groups is 1. The lowest BCUT2D eigenvalue weighted by molar-refractivity contribution is -0.143. The molecule has 116 valence electrons. The van der Waals surface area contributed by atoms with Gasteiger partial charge in [-0.15, -0.1) is 11.3 Å². The molecule has 1 fully saturated rings. The van der Waals surface area contributed by atoms with Crippen LogP contribution in [0.15, 0.2) is 6.20 Å². The van der Waals surface area contributed by atoms with Crippen molar-refractivity contribution in [2.24, 2.45) is 5.92 Å². The minimum absolute atomic E-state index is 0.0647. The Morgan fingerprint density at radius 3 is 2.86 bits per heavy atom. The van der Waals surface area contributed by atoms with Crippen molar-refractivity contribution in [2.45, 2.75) is 51.6 Å². The van der Waals surface area contributed by atoms with Gasteiger partial charge < -0.3 is 15.7 Å². The van der Waals surface area contributed by atoms with Gasteiger partial charge >= 0.3 is 12.0 Å². The van der Waals surface area contributed by atoms with Crippen LogP contribution in [-0.2, 0) is 4.79 Å². The molecule has 0 aliphatic heterocycles. The van der Waals surface area contributed by atoms with Crippen LogP contribution in [0.2, 0.25) is 0 Å². The molecule has 0 bridgehead atoms. The molecule has 1 heterocycles. The van der Waals surface area contributed by atoms with Gasteiger partial charge in [-0.1, -0.05) is 6.42 Å². The molecule has 6 nitrogen and oxygen atoms in total. The number of amides is 2. The molecule has 3 N–H and O–H groups in total. The van der Waals surface area contributed by atoms with E-state index >= 15 is 0 Å². The van der Waals surface area contributed by atoms with Gasteiger partial charge in [-0.2, -0.15) is 0 Å². The van der Waals surface area contributed by atoms with Crippen LogP contribution in [0.5, 0.6) is 0 Å². The van der Waals surface area contributed by atoms with E-state index in [1.54, 1.807) is 17.5 Å². The number of nitrogens with zero attached hydrogens (tertiary/aromatic N) is 1. The zero-order valence-electron chi connectivity index (χ0n) is 12.3. The van der Waals surface area contributed by atoms with Crippen molar-refractivity contribution < 1.29 is 14.7 Å². The third kappa shape index (κ3) is 4.42. The first-order valence-corrected chi connectivity index (χ1v) is 7.99. The number of hydrogen-bond acceptors (Lipinski definition) is 4. The molecule has 1 saturated carbocycles. The second kappa shape index (κ2) is 6.89. The van der Waals surface area contributed by atoms with E-state index in [2.05, 4.69) is 15.6 Å². The summed E-state index contributed by atoms with van der Waals surface area (Å²) in [6.45, 7) is 3.86. The Bertz CT molecular complexity index is 517. The number of thiazole rings is 1. The minimum atomic E-state index is -0.770. The molecule has 21 heavy (non-hydrogen) atoms. The monoisotopic (exact) mass is 311 g/mol. The van der Waals surface area contributed by atoms with Gasteiger partial charge in [0, 0.05) is 17.1 Å². The number of carboxylic acid groups (broad SMARTS) is 1. The van der Waals surface area contributed by atoms with Crippen molar-refractivity contribution >= 4 is 23.3 Å². The summed E-state index contributed by atoms with van der Waals surface area (Å²) < 4.78 is 0. The Labute approximate surface area is 128 Å².